The minimum absolute atomic E-state index is 0. The molecule has 0 aromatic heterocycles. The van der Waals surface area contributed by atoms with Gasteiger partial charge in [0.05, 0.1) is 0 Å². The second-order valence-electron chi connectivity index (χ2n) is 0.549. The molecular formula is B2F2O4Ti. The van der Waals surface area contributed by atoms with Gasteiger partial charge in [-0.25, -0.2) is 0 Å². The van der Waals surface area contributed by atoms with Gasteiger partial charge in [0.15, 0.2) is 0 Å². The summed E-state index contributed by atoms with van der Waals surface area (Å²) in [6.07, 6.45) is 0. The summed E-state index contributed by atoms with van der Waals surface area (Å²) in [6.45, 7) is 0. The summed E-state index contributed by atoms with van der Waals surface area (Å²) in [7, 11) is -6.33. The molecule has 9 heavy (non-hydrogen) atoms. The molecule has 0 heterocycles. The van der Waals surface area contributed by atoms with Crippen molar-refractivity contribution in [2.75, 3.05) is 0 Å². The van der Waals surface area contributed by atoms with E-state index in [4.69, 9.17) is 20.1 Å². The molecule has 4 nitrogen and oxygen atoms in total. The first-order valence-corrected chi connectivity index (χ1v) is 1.38. The summed E-state index contributed by atoms with van der Waals surface area (Å²) in [5, 5.41) is 33.2. The van der Waals surface area contributed by atoms with Crippen molar-refractivity contribution in [1.82, 2.24) is 0 Å². The van der Waals surface area contributed by atoms with Crippen LogP contribution in [0.5, 0.6) is 0 Å². The summed E-state index contributed by atoms with van der Waals surface area (Å²) in [6, 6.07) is 0. The fraction of sp³-hybridized carbons (Fsp3) is 0. The molecule has 9 heteroatoms. The molecule has 0 saturated heterocycles. The van der Waals surface area contributed by atoms with Crippen LogP contribution in [-0.4, -0.2) is 14.8 Å². The maximum Gasteiger partial charge on any atom is 4.00 e. The van der Waals surface area contributed by atoms with Crippen molar-refractivity contribution in [1.29, 1.82) is 0 Å². The zero-order valence-corrected chi connectivity index (χ0v) is 5.61. The number of rotatable bonds is 0. The molecule has 0 amide bonds. The summed E-state index contributed by atoms with van der Waals surface area (Å²) in [5.74, 6) is 0. The Morgan fingerprint density at radius 2 is 0.778 bits per heavy atom. The molecule has 0 radical (unpaired) electrons. The van der Waals surface area contributed by atoms with Gasteiger partial charge >= 0.3 is 21.7 Å². The molecule has 0 aromatic carbocycles. The largest absolute Gasteiger partial charge is 4.00 e. The molecule has 0 N–H and O–H groups in total. The van der Waals surface area contributed by atoms with Crippen molar-refractivity contribution in [3.8, 4) is 0 Å². The van der Waals surface area contributed by atoms with Crippen molar-refractivity contribution in [2.45, 2.75) is 0 Å². The normalized spacial score (nSPS) is 6.00. The smallest absolute Gasteiger partial charge is 0.867 e. The van der Waals surface area contributed by atoms with Gasteiger partial charge in [0.1, 0.15) is 14.8 Å². The second kappa shape index (κ2) is 11.4. The van der Waals surface area contributed by atoms with Gasteiger partial charge in [0.25, 0.3) is 0 Å². The summed E-state index contributed by atoms with van der Waals surface area (Å²) in [5.41, 5.74) is 0. The third-order valence-electron chi connectivity index (χ3n) is 0. The molecule has 0 atom stereocenters. The van der Waals surface area contributed by atoms with E-state index in [0.717, 1.165) is 0 Å². The summed E-state index contributed by atoms with van der Waals surface area (Å²) >= 11 is 0. The molecular weight excluding hydrogens is 171 g/mol. The van der Waals surface area contributed by atoms with E-state index in [1.165, 1.54) is 0 Å². The van der Waals surface area contributed by atoms with Crippen molar-refractivity contribution < 1.29 is 50.4 Å². The van der Waals surface area contributed by atoms with Gasteiger partial charge in [-0.2, -0.15) is 0 Å². The average Bonchev–Trinajstić information content (AvgIpc) is 1.25. The molecule has 0 unspecified atom stereocenters. The monoisotopic (exact) mass is 172 g/mol. The van der Waals surface area contributed by atoms with Crippen LogP contribution in [0.25, 0.3) is 0 Å². The predicted molar refractivity (Wildman–Crippen MR) is 13.7 cm³/mol. The Kier molecular flexibility index (Phi) is 20.5. The van der Waals surface area contributed by atoms with E-state index >= 15 is 0 Å². The molecule has 0 aliphatic carbocycles. The van der Waals surface area contributed by atoms with E-state index in [9.17, 15) is 8.63 Å². The fourth-order valence-electron chi connectivity index (χ4n) is 0. The van der Waals surface area contributed by atoms with E-state index < -0.39 is 14.8 Å². The van der Waals surface area contributed by atoms with Crippen LogP contribution in [0.15, 0.2) is 0 Å². The molecule has 0 fully saturated rings. The van der Waals surface area contributed by atoms with Gasteiger partial charge in [0.2, 0.25) is 0 Å². The van der Waals surface area contributed by atoms with Crippen LogP contribution in [0.2, 0.25) is 0 Å². The minimum Gasteiger partial charge on any atom is -0.867 e. The van der Waals surface area contributed by atoms with E-state index in [-0.39, 0.29) is 21.7 Å². The second-order valence-corrected chi connectivity index (χ2v) is 0.549. The Morgan fingerprint density at radius 3 is 0.778 bits per heavy atom. The zero-order chi connectivity index (χ0) is 7.15. The van der Waals surface area contributed by atoms with Crippen molar-refractivity contribution in [2.24, 2.45) is 0 Å². The average molecular weight is 171 g/mol. The first kappa shape index (κ1) is 16.3. The maximum atomic E-state index is 9.89. The van der Waals surface area contributed by atoms with Gasteiger partial charge in [-0.15, -0.1) is 0 Å². The van der Waals surface area contributed by atoms with E-state index in [1.54, 1.807) is 0 Å². The van der Waals surface area contributed by atoms with Gasteiger partial charge in [0, 0.05) is 0 Å². The molecule has 0 aromatic rings. The van der Waals surface area contributed by atoms with Crippen LogP contribution in [0, 0.1) is 0 Å². The zero-order valence-electron chi connectivity index (χ0n) is 4.04. The minimum atomic E-state index is -3.17. The van der Waals surface area contributed by atoms with Crippen molar-refractivity contribution in [3.05, 3.63) is 0 Å². The van der Waals surface area contributed by atoms with E-state index in [2.05, 4.69) is 0 Å². The molecule has 0 saturated carbocycles. The van der Waals surface area contributed by atoms with Gasteiger partial charge in [-0.3, -0.25) is 0 Å². The number of halogens is 2. The standard InChI is InChI=1S/2BFO2.Ti/c2*2-1(3)4;/q2*-2;+4. The van der Waals surface area contributed by atoms with Crippen LogP contribution in [-0.2, 0) is 21.7 Å². The van der Waals surface area contributed by atoms with Crippen LogP contribution in [0.3, 0.4) is 0 Å². The Bertz CT molecular complexity index is 32.0. The quantitative estimate of drug-likeness (QED) is 0.343. The Hall–Kier alpha value is 0.544. The fourth-order valence-corrected chi connectivity index (χ4v) is 0. The third kappa shape index (κ3) is 1240. The number of hydrogen-bond donors (Lipinski definition) is 0. The first-order valence-electron chi connectivity index (χ1n) is 1.38. The van der Waals surface area contributed by atoms with Crippen LogP contribution >= 0.6 is 0 Å². The summed E-state index contributed by atoms with van der Waals surface area (Å²) in [4.78, 5) is 0. The van der Waals surface area contributed by atoms with Crippen molar-refractivity contribution in [3.63, 3.8) is 0 Å². The molecule has 0 aliphatic heterocycles. The molecule has 0 bridgehead atoms. The predicted octanol–water partition coefficient (Wildman–Crippen LogP) is -4.68. The molecule has 0 aliphatic rings. The first-order chi connectivity index (χ1) is 3.46. The van der Waals surface area contributed by atoms with Gasteiger partial charge < -0.3 is 28.7 Å². The molecule has 0 rings (SSSR count). The SMILES string of the molecule is [O-]B([O-])F.[O-]B([O-])F.[Ti+4]. The van der Waals surface area contributed by atoms with E-state index in [0.29, 0.717) is 0 Å². The molecule has 48 valence electrons. The maximum absolute atomic E-state index is 9.89. The van der Waals surface area contributed by atoms with Gasteiger partial charge in [-0.1, -0.05) is 0 Å². The van der Waals surface area contributed by atoms with Crippen LogP contribution < -0.4 is 20.1 Å². The van der Waals surface area contributed by atoms with E-state index in [1.807, 2.05) is 0 Å². The Labute approximate surface area is 65.8 Å². The van der Waals surface area contributed by atoms with Gasteiger partial charge in [-0.05, 0) is 0 Å². The molecule has 0 spiro atoms. The van der Waals surface area contributed by atoms with Crippen molar-refractivity contribution >= 4 is 14.8 Å². The summed E-state index contributed by atoms with van der Waals surface area (Å²) < 4.78 is 19.8. The topological polar surface area (TPSA) is 92.2 Å². The number of hydrogen-bond acceptors (Lipinski definition) is 4. The van der Waals surface area contributed by atoms with Crippen LogP contribution in [0.4, 0.5) is 8.63 Å². The third-order valence-corrected chi connectivity index (χ3v) is 0. The Morgan fingerprint density at radius 1 is 0.778 bits per heavy atom. The van der Waals surface area contributed by atoms with Crippen LogP contribution in [0.1, 0.15) is 0 Å². The Balaban J connectivity index is -0.0000000720.